The van der Waals surface area contributed by atoms with Crippen LogP contribution in [-0.2, 0) is 9.53 Å². The molecule has 0 unspecified atom stereocenters. The summed E-state index contributed by atoms with van der Waals surface area (Å²) in [7, 11) is 0. The third-order valence-corrected chi connectivity index (χ3v) is 5.25. The molecule has 1 N–H and O–H groups in total. The number of hydrogen-bond donors (Lipinski definition) is 1. The summed E-state index contributed by atoms with van der Waals surface area (Å²) in [6.45, 7) is 0.156. The number of carbonyl (C=O) groups excluding carboxylic acids is 2. The Morgan fingerprint density at radius 3 is 2.00 bits per heavy atom. The zero-order chi connectivity index (χ0) is 15.4. The maximum Gasteiger partial charge on any atom is 0.324 e. The number of nitrogens with zero attached hydrogens (tertiary/aromatic N) is 1. The molecule has 1 heterocycles. The molecule has 5 nitrogen and oxygen atoms in total. The molecule has 0 aromatic carbocycles. The van der Waals surface area contributed by atoms with Crippen LogP contribution in [0.1, 0.15) is 70.6 Å². The number of nitrogens with one attached hydrogen (secondary N) is 1. The molecule has 3 fully saturated rings. The lowest BCUT2D eigenvalue weighted by molar-refractivity contribution is -0.133. The van der Waals surface area contributed by atoms with Crippen molar-refractivity contribution < 1.29 is 14.3 Å². The van der Waals surface area contributed by atoms with Crippen molar-refractivity contribution in [1.82, 2.24) is 10.2 Å². The van der Waals surface area contributed by atoms with Crippen molar-refractivity contribution in [3.05, 3.63) is 0 Å². The van der Waals surface area contributed by atoms with Crippen LogP contribution in [-0.4, -0.2) is 41.6 Å². The van der Waals surface area contributed by atoms with Crippen LogP contribution in [0.2, 0.25) is 0 Å². The van der Waals surface area contributed by atoms with Gasteiger partial charge in [0, 0.05) is 6.04 Å². The predicted octanol–water partition coefficient (Wildman–Crippen LogP) is 2.98. The Bertz CT molecular complexity index is 381. The van der Waals surface area contributed by atoms with E-state index in [2.05, 4.69) is 5.32 Å². The Kier molecular flexibility index (Phi) is 5.34. The molecule has 2 saturated carbocycles. The van der Waals surface area contributed by atoms with Crippen LogP contribution in [0.4, 0.5) is 4.79 Å². The van der Waals surface area contributed by atoms with Crippen LogP contribution in [0.5, 0.6) is 0 Å². The first kappa shape index (κ1) is 15.8. The van der Waals surface area contributed by atoms with Gasteiger partial charge in [0.15, 0.2) is 0 Å². The predicted molar refractivity (Wildman–Crippen MR) is 83.5 cm³/mol. The molecule has 22 heavy (non-hydrogen) atoms. The molecule has 1 aliphatic heterocycles. The van der Waals surface area contributed by atoms with Crippen molar-refractivity contribution in [2.75, 3.05) is 6.54 Å². The summed E-state index contributed by atoms with van der Waals surface area (Å²) in [5.74, 6) is -0.0906. The lowest BCUT2D eigenvalue weighted by Gasteiger charge is -2.41. The highest BCUT2D eigenvalue weighted by molar-refractivity contribution is 6.02. The Morgan fingerprint density at radius 1 is 0.864 bits per heavy atom. The van der Waals surface area contributed by atoms with Gasteiger partial charge in [-0.15, -0.1) is 0 Å². The summed E-state index contributed by atoms with van der Waals surface area (Å²) in [4.78, 5) is 24.7. The monoisotopic (exact) mass is 308 g/mol. The van der Waals surface area contributed by atoms with E-state index in [1.54, 1.807) is 0 Å². The summed E-state index contributed by atoms with van der Waals surface area (Å²) in [5.41, 5.74) is 0. The highest BCUT2D eigenvalue weighted by Gasteiger charge is 2.43. The van der Waals surface area contributed by atoms with E-state index < -0.39 is 0 Å². The van der Waals surface area contributed by atoms with E-state index in [0.717, 1.165) is 12.8 Å². The minimum absolute atomic E-state index is 0.0551. The molecule has 5 heteroatoms. The van der Waals surface area contributed by atoms with Gasteiger partial charge in [0.2, 0.25) is 5.91 Å². The van der Waals surface area contributed by atoms with Crippen molar-refractivity contribution in [3.8, 4) is 0 Å². The molecule has 0 bridgehead atoms. The van der Waals surface area contributed by atoms with Gasteiger partial charge < -0.3 is 10.1 Å². The van der Waals surface area contributed by atoms with Crippen molar-refractivity contribution >= 4 is 11.9 Å². The smallest absolute Gasteiger partial charge is 0.324 e. The lowest BCUT2D eigenvalue weighted by Crippen LogP contribution is -2.51. The summed E-state index contributed by atoms with van der Waals surface area (Å²) >= 11 is 0. The molecule has 0 aromatic rings. The molecule has 3 amide bonds. The van der Waals surface area contributed by atoms with Crippen LogP contribution < -0.4 is 5.32 Å². The van der Waals surface area contributed by atoms with Crippen molar-refractivity contribution in [2.24, 2.45) is 0 Å². The molecule has 0 spiro atoms. The normalized spacial score (nSPS) is 31.7. The van der Waals surface area contributed by atoms with Gasteiger partial charge in [-0.25, -0.2) is 4.79 Å². The third kappa shape index (κ3) is 3.80. The molecule has 0 radical (unpaired) electrons. The minimum Gasteiger partial charge on any atom is -0.375 e. The number of ether oxygens (including phenoxy) is 1. The van der Waals surface area contributed by atoms with E-state index >= 15 is 0 Å². The van der Waals surface area contributed by atoms with Crippen LogP contribution in [0.15, 0.2) is 0 Å². The van der Waals surface area contributed by atoms with E-state index in [1.807, 2.05) is 0 Å². The maximum absolute atomic E-state index is 11.7. The van der Waals surface area contributed by atoms with Gasteiger partial charge in [0.25, 0.3) is 0 Å². The van der Waals surface area contributed by atoms with E-state index in [9.17, 15) is 9.59 Å². The van der Waals surface area contributed by atoms with Gasteiger partial charge in [0.1, 0.15) is 0 Å². The highest BCUT2D eigenvalue weighted by atomic mass is 16.5. The molecule has 3 rings (SSSR count). The van der Waals surface area contributed by atoms with Crippen LogP contribution >= 0.6 is 0 Å². The Hall–Kier alpha value is -1.10. The molecular formula is C17H28N2O3. The average Bonchev–Trinajstić information content (AvgIpc) is 2.80. The standard InChI is InChI=1S/C17H28N2O3/c20-16-12-18-17(21)19(16)13-10-15(11-13)22-14-8-6-4-2-1-3-5-7-9-14/h13-15H,1-12H2,(H,18,21). The topological polar surface area (TPSA) is 58.6 Å². The van der Waals surface area contributed by atoms with Gasteiger partial charge in [-0.05, 0) is 25.7 Å². The quantitative estimate of drug-likeness (QED) is 0.815. The van der Waals surface area contributed by atoms with Gasteiger partial charge in [0.05, 0.1) is 18.8 Å². The largest absolute Gasteiger partial charge is 0.375 e. The maximum atomic E-state index is 11.7. The first-order valence-corrected chi connectivity index (χ1v) is 8.99. The zero-order valence-corrected chi connectivity index (χ0v) is 13.4. The number of hydrogen-bond acceptors (Lipinski definition) is 3. The molecular weight excluding hydrogens is 280 g/mol. The van der Waals surface area contributed by atoms with E-state index in [0.29, 0.717) is 6.10 Å². The summed E-state index contributed by atoms with van der Waals surface area (Å²) in [6.07, 6.45) is 13.9. The molecule has 0 atom stereocenters. The van der Waals surface area contributed by atoms with Crippen LogP contribution in [0.3, 0.4) is 0 Å². The zero-order valence-electron chi connectivity index (χ0n) is 13.4. The van der Waals surface area contributed by atoms with Gasteiger partial charge in [-0.3, -0.25) is 9.69 Å². The molecule has 0 aromatic heterocycles. The Labute approximate surface area is 132 Å². The van der Waals surface area contributed by atoms with Crippen LogP contribution in [0, 0.1) is 0 Å². The number of rotatable bonds is 3. The fourth-order valence-corrected chi connectivity index (χ4v) is 3.84. The number of imide groups is 1. The number of urea groups is 1. The van der Waals surface area contributed by atoms with Gasteiger partial charge >= 0.3 is 6.03 Å². The fourth-order valence-electron chi connectivity index (χ4n) is 3.84. The SMILES string of the molecule is O=C1CNC(=O)N1C1CC(OC2CCCCCCCCC2)C1. The second-order valence-electron chi connectivity index (χ2n) is 6.98. The van der Waals surface area contributed by atoms with Gasteiger partial charge in [-0.2, -0.15) is 0 Å². The third-order valence-electron chi connectivity index (χ3n) is 5.25. The van der Waals surface area contributed by atoms with Crippen molar-refractivity contribution in [2.45, 2.75) is 88.9 Å². The van der Waals surface area contributed by atoms with Crippen molar-refractivity contribution in [1.29, 1.82) is 0 Å². The molecule has 3 aliphatic rings. The van der Waals surface area contributed by atoms with Crippen molar-refractivity contribution in [3.63, 3.8) is 0 Å². The number of amides is 3. The Balaban J connectivity index is 1.42. The van der Waals surface area contributed by atoms with Crippen LogP contribution in [0.25, 0.3) is 0 Å². The van der Waals surface area contributed by atoms with E-state index in [4.69, 9.17) is 4.74 Å². The van der Waals surface area contributed by atoms with Gasteiger partial charge in [-0.1, -0.05) is 44.9 Å². The second-order valence-corrected chi connectivity index (χ2v) is 6.98. The van der Waals surface area contributed by atoms with E-state index in [-0.39, 0.29) is 30.6 Å². The highest BCUT2D eigenvalue weighted by Crippen LogP contribution is 2.32. The molecule has 124 valence electrons. The summed E-state index contributed by atoms with van der Waals surface area (Å²) in [6, 6.07) is -0.174. The van der Waals surface area contributed by atoms with E-state index in [1.165, 1.54) is 62.7 Å². The summed E-state index contributed by atoms with van der Waals surface area (Å²) in [5, 5.41) is 2.59. The lowest BCUT2D eigenvalue weighted by atomic mass is 9.87. The fraction of sp³-hybridized carbons (Fsp3) is 0.882. The number of carbonyl (C=O) groups is 2. The first-order chi connectivity index (χ1) is 10.7. The molecule has 2 aliphatic carbocycles. The minimum atomic E-state index is -0.229. The first-order valence-electron chi connectivity index (χ1n) is 8.99. The molecule has 1 saturated heterocycles. The summed E-state index contributed by atoms with van der Waals surface area (Å²) < 4.78 is 6.25. The average molecular weight is 308 g/mol. The second kappa shape index (κ2) is 7.44. The Morgan fingerprint density at radius 2 is 1.45 bits per heavy atom.